The molecule has 0 spiro atoms. The summed E-state index contributed by atoms with van der Waals surface area (Å²) >= 11 is 0. The van der Waals surface area contributed by atoms with E-state index in [1.807, 2.05) is 0 Å². The van der Waals surface area contributed by atoms with E-state index >= 15 is 0 Å². The topological polar surface area (TPSA) is 104 Å². The van der Waals surface area contributed by atoms with Gasteiger partial charge in [0.15, 0.2) is 11.6 Å². The van der Waals surface area contributed by atoms with E-state index in [0.29, 0.717) is 39.2 Å². The Morgan fingerprint density at radius 3 is 2.76 bits per heavy atom. The number of anilines is 1. The summed E-state index contributed by atoms with van der Waals surface area (Å²) in [6.07, 6.45) is -0.401. The summed E-state index contributed by atoms with van der Waals surface area (Å²) < 4.78 is 48.6. The predicted octanol–water partition coefficient (Wildman–Crippen LogP) is 4.08. The molecule has 1 aliphatic heterocycles. The molecule has 0 fully saturated rings. The van der Waals surface area contributed by atoms with Crippen LogP contribution < -0.4 is 16.2 Å². The van der Waals surface area contributed by atoms with Crippen LogP contribution in [0.2, 0.25) is 0 Å². The van der Waals surface area contributed by atoms with Crippen LogP contribution in [0, 0.1) is 5.82 Å². The molecule has 1 aliphatic rings. The quantitative estimate of drug-likeness (QED) is 0.562. The van der Waals surface area contributed by atoms with E-state index < -0.39 is 24.8 Å². The van der Waals surface area contributed by atoms with Gasteiger partial charge in [-0.3, -0.25) is 9.67 Å². The molecular formula is C24H25F3N6O. The minimum Gasteiger partial charge on any atom is -0.482 e. The number of pyridine rings is 1. The van der Waals surface area contributed by atoms with Crippen LogP contribution in [0.4, 0.5) is 19.0 Å². The highest BCUT2D eigenvalue weighted by Crippen LogP contribution is 2.37. The van der Waals surface area contributed by atoms with E-state index in [9.17, 15) is 13.2 Å². The van der Waals surface area contributed by atoms with Gasteiger partial charge in [0.05, 0.1) is 17.8 Å². The van der Waals surface area contributed by atoms with Crippen molar-refractivity contribution >= 4 is 17.7 Å². The van der Waals surface area contributed by atoms with E-state index in [-0.39, 0.29) is 23.7 Å². The Bertz CT molecular complexity index is 1300. The smallest absolute Gasteiger partial charge is 0.244 e. The maximum Gasteiger partial charge on any atom is 0.244 e. The van der Waals surface area contributed by atoms with Crippen LogP contribution in [-0.4, -0.2) is 34.5 Å². The molecule has 0 aliphatic carbocycles. The van der Waals surface area contributed by atoms with Crippen LogP contribution in [0.3, 0.4) is 0 Å². The average Bonchev–Trinajstić information content (AvgIpc) is 3.07. The molecule has 7 nitrogen and oxygen atoms in total. The molecular weight excluding hydrogens is 445 g/mol. The number of hydrogen-bond donors (Lipinski definition) is 2. The van der Waals surface area contributed by atoms with Crippen LogP contribution in [0.1, 0.15) is 35.5 Å². The van der Waals surface area contributed by atoms with Crippen LogP contribution in [0.15, 0.2) is 41.0 Å². The monoisotopic (exact) mass is 470 g/mol. The molecule has 0 unspecified atom stereocenters. The predicted molar refractivity (Wildman–Crippen MR) is 125 cm³/mol. The van der Waals surface area contributed by atoms with Crippen LogP contribution in [0.25, 0.3) is 16.8 Å². The normalized spacial score (nSPS) is 16.1. The number of rotatable bonds is 3. The highest BCUT2D eigenvalue weighted by molar-refractivity contribution is 5.91. The number of aryl methyl sites for hydroxylation is 1. The Labute approximate surface area is 195 Å². The Morgan fingerprint density at radius 1 is 1.29 bits per heavy atom. The molecule has 34 heavy (non-hydrogen) atoms. The largest absolute Gasteiger partial charge is 0.482 e. The van der Waals surface area contributed by atoms with Gasteiger partial charge in [0.2, 0.25) is 6.43 Å². The maximum atomic E-state index is 14.2. The first-order valence-corrected chi connectivity index (χ1v) is 10.7. The Hall–Kier alpha value is -3.82. The second-order valence-electron chi connectivity index (χ2n) is 8.09. The fourth-order valence-corrected chi connectivity index (χ4v) is 4.22. The van der Waals surface area contributed by atoms with Crippen molar-refractivity contribution in [1.29, 1.82) is 0 Å². The van der Waals surface area contributed by atoms with Crippen molar-refractivity contribution in [2.24, 2.45) is 17.8 Å². The maximum absolute atomic E-state index is 14.2. The third-order valence-corrected chi connectivity index (χ3v) is 5.79. The molecule has 3 aromatic rings. The lowest BCUT2D eigenvalue weighted by Gasteiger charge is -2.22. The molecule has 2 bridgehead atoms. The summed E-state index contributed by atoms with van der Waals surface area (Å²) in [5.41, 5.74) is 16.6. The molecule has 0 amide bonds. The zero-order valence-electron chi connectivity index (χ0n) is 19.0. The fourth-order valence-electron chi connectivity index (χ4n) is 4.22. The highest BCUT2D eigenvalue weighted by atomic mass is 19.3. The van der Waals surface area contributed by atoms with Crippen LogP contribution in [-0.2, 0) is 19.9 Å². The number of aromatic nitrogens is 3. The number of nitrogens with zero attached hydrogens (tertiary/aromatic N) is 4. The third kappa shape index (κ3) is 4.35. The number of ether oxygens (including phenoxy) is 1. The van der Waals surface area contributed by atoms with Crippen molar-refractivity contribution in [3.8, 4) is 16.9 Å². The first-order valence-electron chi connectivity index (χ1n) is 10.7. The molecule has 10 heteroatoms. The second kappa shape index (κ2) is 9.20. The average molecular weight is 470 g/mol. The number of alkyl halides is 2. The van der Waals surface area contributed by atoms with Gasteiger partial charge in [-0.05, 0) is 36.8 Å². The van der Waals surface area contributed by atoms with E-state index in [1.54, 1.807) is 44.0 Å². The van der Waals surface area contributed by atoms with Crippen LogP contribution >= 0.6 is 0 Å². The van der Waals surface area contributed by atoms with Gasteiger partial charge in [0, 0.05) is 60.9 Å². The summed E-state index contributed by atoms with van der Waals surface area (Å²) in [5, 5.41) is 4.37. The van der Waals surface area contributed by atoms with Crippen molar-refractivity contribution in [3.05, 3.63) is 64.4 Å². The zero-order chi connectivity index (χ0) is 24.6. The SMILES string of the molecule is CN=CC1=C(N)c2ccc(F)cc2[C@@H](C)Oc2cc(cnc2N)-c2c(CC(F)F)nn(C)c2C1. The second-order valence-corrected chi connectivity index (χ2v) is 8.09. The van der Waals surface area contributed by atoms with Gasteiger partial charge in [0.25, 0.3) is 0 Å². The molecule has 3 heterocycles. The van der Waals surface area contributed by atoms with E-state index in [1.165, 1.54) is 18.3 Å². The lowest BCUT2D eigenvalue weighted by molar-refractivity contribution is 0.148. The molecule has 1 atom stereocenters. The number of halogens is 3. The van der Waals surface area contributed by atoms with Crippen LogP contribution in [0.5, 0.6) is 5.75 Å². The van der Waals surface area contributed by atoms with Crippen molar-refractivity contribution < 1.29 is 17.9 Å². The number of aliphatic imine (C=N–C) groups is 1. The Kier molecular flexibility index (Phi) is 6.32. The van der Waals surface area contributed by atoms with Gasteiger partial charge in [-0.15, -0.1) is 0 Å². The van der Waals surface area contributed by atoms with Crippen molar-refractivity contribution in [2.45, 2.75) is 32.3 Å². The summed E-state index contributed by atoms with van der Waals surface area (Å²) in [4.78, 5) is 8.36. The molecule has 2 aromatic heterocycles. The van der Waals surface area contributed by atoms with Gasteiger partial charge in [-0.1, -0.05) is 0 Å². The highest BCUT2D eigenvalue weighted by Gasteiger charge is 2.25. The lowest BCUT2D eigenvalue weighted by Crippen LogP contribution is -2.14. The molecule has 0 saturated carbocycles. The minimum atomic E-state index is -2.59. The summed E-state index contributed by atoms with van der Waals surface area (Å²) in [7, 11) is 3.29. The zero-order valence-corrected chi connectivity index (χ0v) is 19.0. The number of allylic oxidation sites excluding steroid dienone is 1. The van der Waals surface area contributed by atoms with Gasteiger partial charge >= 0.3 is 0 Å². The Balaban J connectivity index is 2.05. The van der Waals surface area contributed by atoms with Gasteiger partial charge in [0.1, 0.15) is 11.9 Å². The van der Waals surface area contributed by atoms with Gasteiger partial charge in [-0.2, -0.15) is 5.10 Å². The summed E-state index contributed by atoms with van der Waals surface area (Å²) in [6.45, 7) is 1.74. The lowest BCUT2D eigenvalue weighted by atomic mass is 9.93. The summed E-state index contributed by atoms with van der Waals surface area (Å²) in [5.74, 6) is -0.0736. The Morgan fingerprint density at radius 2 is 2.06 bits per heavy atom. The summed E-state index contributed by atoms with van der Waals surface area (Å²) in [6, 6.07) is 5.91. The molecule has 1 aromatic carbocycles. The molecule has 4 N–H and O–H groups in total. The van der Waals surface area contributed by atoms with E-state index in [4.69, 9.17) is 16.2 Å². The number of benzene rings is 1. The number of fused-ring (bicyclic) bond motifs is 5. The standard InChI is InChI=1S/C24H25F3N6O/c1-12-17-8-15(25)4-5-16(17)23(28)14(10-30-2)6-19-22(18(9-21(26)27)32-33(19)3)13-7-20(34-12)24(29)31-11-13/h4-5,7-8,10-12,21H,6,9,28H2,1-3H3,(H2,29,31)/t12-/m1/s1. The fraction of sp³-hybridized carbons (Fsp3) is 0.292. The number of nitrogens with two attached hydrogens (primary N) is 2. The molecule has 0 radical (unpaired) electrons. The molecule has 178 valence electrons. The van der Waals surface area contributed by atoms with E-state index in [0.717, 1.165) is 0 Å². The minimum absolute atomic E-state index is 0.119. The van der Waals surface area contributed by atoms with Gasteiger partial charge < -0.3 is 16.2 Å². The van der Waals surface area contributed by atoms with Crippen molar-refractivity contribution in [2.75, 3.05) is 12.8 Å². The van der Waals surface area contributed by atoms with Gasteiger partial charge in [-0.25, -0.2) is 18.2 Å². The van der Waals surface area contributed by atoms with Crippen molar-refractivity contribution in [1.82, 2.24) is 14.8 Å². The first kappa shape index (κ1) is 23.3. The van der Waals surface area contributed by atoms with E-state index in [2.05, 4.69) is 15.1 Å². The third-order valence-electron chi connectivity index (χ3n) is 5.79. The molecule has 4 rings (SSSR count). The number of nitrogen functional groups attached to an aromatic ring is 1. The number of hydrogen-bond acceptors (Lipinski definition) is 6. The first-order chi connectivity index (χ1) is 16.2. The molecule has 0 saturated heterocycles. The van der Waals surface area contributed by atoms with Crippen molar-refractivity contribution in [3.63, 3.8) is 0 Å².